The van der Waals surface area contributed by atoms with Crippen LogP contribution in [-0.2, 0) is 0 Å². The van der Waals surface area contributed by atoms with Crippen molar-refractivity contribution in [3.05, 3.63) is 59.4 Å². The van der Waals surface area contributed by atoms with E-state index in [0.717, 1.165) is 11.4 Å². The molecule has 0 saturated carbocycles. The van der Waals surface area contributed by atoms with E-state index in [0.29, 0.717) is 16.4 Å². The van der Waals surface area contributed by atoms with Crippen LogP contribution in [0.5, 0.6) is 0 Å². The minimum absolute atomic E-state index is 0.538. The number of nitrogens with zero attached hydrogens (tertiary/aromatic N) is 2. The van der Waals surface area contributed by atoms with Crippen LogP contribution in [-0.4, -0.2) is 9.97 Å². The predicted octanol–water partition coefficient (Wildman–Crippen LogP) is 4.24. The largest absolute Gasteiger partial charge is 0.448 e. The highest BCUT2D eigenvalue weighted by atomic mass is 79.9. The van der Waals surface area contributed by atoms with Crippen LogP contribution in [0.2, 0.25) is 0 Å². The van der Waals surface area contributed by atoms with Gasteiger partial charge in [-0.25, -0.2) is 9.97 Å². The molecule has 5 heteroatoms. The molecule has 0 unspecified atom stereocenters. The molecular formula is C14H10BrN3O. The Bertz CT molecular complexity index is 682. The number of nitrogens with one attached hydrogen (secondary N) is 1. The van der Waals surface area contributed by atoms with Gasteiger partial charge in [0.05, 0.1) is 0 Å². The summed E-state index contributed by atoms with van der Waals surface area (Å²) >= 11 is 3.28. The van der Waals surface area contributed by atoms with Gasteiger partial charge in [0.25, 0.3) is 0 Å². The summed E-state index contributed by atoms with van der Waals surface area (Å²) < 4.78 is 6.15. The summed E-state index contributed by atoms with van der Waals surface area (Å²) in [6.45, 7) is 0. The normalized spacial score (nSPS) is 10.4. The maximum absolute atomic E-state index is 5.47. The van der Waals surface area contributed by atoms with Gasteiger partial charge >= 0.3 is 0 Å². The zero-order valence-corrected chi connectivity index (χ0v) is 11.5. The highest BCUT2D eigenvalue weighted by molar-refractivity contribution is 9.10. The van der Waals surface area contributed by atoms with Crippen molar-refractivity contribution < 1.29 is 4.42 Å². The van der Waals surface area contributed by atoms with E-state index < -0.39 is 0 Å². The summed E-state index contributed by atoms with van der Waals surface area (Å²) in [6, 6.07) is 15.3. The molecule has 0 atom stereocenters. The molecule has 0 radical (unpaired) electrons. The molecule has 2 heterocycles. The molecule has 0 amide bonds. The summed E-state index contributed by atoms with van der Waals surface area (Å²) in [7, 11) is 0. The Morgan fingerprint density at radius 3 is 2.58 bits per heavy atom. The molecule has 4 nitrogen and oxygen atoms in total. The molecule has 1 N–H and O–H groups in total. The van der Waals surface area contributed by atoms with Gasteiger partial charge in [0.15, 0.2) is 10.4 Å². The van der Waals surface area contributed by atoms with Crippen LogP contribution in [0.15, 0.2) is 63.8 Å². The lowest BCUT2D eigenvalue weighted by molar-refractivity contribution is 0.553. The number of benzene rings is 1. The van der Waals surface area contributed by atoms with Gasteiger partial charge in [-0.1, -0.05) is 18.2 Å². The van der Waals surface area contributed by atoms with Gasteiger partial charge < -0.3 is 9.73 Å². The Morgan fingerprint density at radius 2 is 1.84 bits per heavy atom. The van der Waals surface area contributed by atoms with Crippen LogP contribution in [0, 0.1) is 0 Å². The van der Waals surface area contributed by atoms with Crippen LogP contribution >= 0.6 is 15.9 Å². The van der Waals surface area contributed by atoms with Gasteiger partial charge in [0.1, 0.15) is 5.69 Å². The summed E-state index contributed by atoms with van der Waals surface area (Å²) in [5, 5.41) is 3.15. The van der Waals surface area contributed by atoms with E-state index in [1.54, 1.807) is 12.3 Å². The van der Waals surface area contributed by atoms with Crippen molar-refractivity contribution >= 4 is 27.6 Å². The van der Waals surface area contributed by atoms with Gasteiger partial charge in [0, 0.05) is 11.9 Å². The van der Waals surface area contributed by atoms with Crippen LogP contribution < -0.4 is 5.32 Å². The molecule has 3 rings (SSSR count). The average molecular weight is 316 g/mol. The third kappa shape index (κ3) is 2.82. The van der Waals surface area contributed by atoms with Crippen molar-refractivity contribution in [3.63, 3.8) is 0 Å². The maximum atomic E-state index is 5.47. The van der Waals surface area contributed by atoms with E-state index in [-0.39, 0.29) is 0 Å². The van der Waals surface area contributed by atoms with Crippen LogP contribution in [0.4, 0.5) is 11.6 Å². The van der Waals surface area contributed by atoms with Crippen LogP contribution in [0.3, 0.4) is 0 Å². The van der Waals surface area contributed by atoms with Crippen molar-refractivity contribution in [1.29, 1.82) is 0 Å². The number of hydrogen-bond donors (Lipinski definition) is 1. The van der Waals surface area contributed by atoms with Crippen molar-refractivity contribution in [2.75, 3.05) is 5.32 Å². The predicted molar refractivity (Wildman–Crippen MR) is 77.2 cm³/mol. The standard InChI is InChI=1S/C14H10BrN3O/c15-13-7-6-12(19-13)11-8-9-16-14(18-11)17-10-4-2-1-3-5-10/h1-9H,(H,16,17,18). The lowest BCUT2D eigenvalue weighted by Crippen LogP contribution is -1.97. The smallest absolute Gasteiger partial charge is 0.227 e. The van der Waals surface area contributed by atoms with Crippen LogP contribution in [0.25, 0.3) is 11.5 Å². The number of anilines is 2. The Kier molecular flexibility index (Phi) is 3.29. The Hall–Kier alpha value is -2.14. The monoisotopic (exact) mass is 315 g/mol. The zero-order chi connectivity index (χ0) is 13.1. The van der Waals surface area contributed by atoms with E-state index in [9.17, 15) is 0 Å². The summed E-state index contributed by atoms with van der Waals surface area (Å²) in [5.41, 5.74) is 1.68. The average Bonchev–Trinajstić information content (AvgIpc) is 2.87. The van der Waals surface area contributed by atoms with E-state index in [1.807, 2.05) is 42.5 Å². The SMILES string of the molecule is Brc1ccc(-c2ccnc(Nc3ccccc3)n2)o1. The molecule has 0 aliphatic heterocycles. The number of rotatable bonds is 3. The maximum Gasteiger partial charge on any atom is 0.227 e. The molecule has 3 aromatic rings. The zero-order valence-electron chi connectivity index (χ0n) is 9.88. The third-order valence-corrected chi connectivity index (χ3v) is 2.94. The first-order valence-corrected chi connectivity index (χ1v) is 6.51. The van der Waals surface area contributed by atoms with E-state index in [1.165, 1.54) is 0 Å². The summed E-state index contributed by atoms with van der Waals surface area (Å²) in [4.78, 5) is 8.61. The fourth-order valence-corrected chi connectivity index (χ4v) is 1.97. The molecule has 2 aromatic heterocycles. The molecular weight excluding hydrogens is 306 g/mol. The fourth-order valence-electron chi connectivity index (χ4n) is 1.66. The summed E-state index contributed by atoms with van der Waals surface area (Å²) in [6.07, 6.45) is 1.70. The van der Waals surface area contributed by atoms with Crippen molar-refractivity contribution in [1.82, 2.24) is 9.97 Å². The van der Waals surface area contributed by atoms with Crippen molar-refractivity contribution in [3.8, 4) is 11.5 Å². The third-order valence-electron chi connectivity index (χ3n) is 2.51. The van der Waals surface area contributed by atoms with Crippen molar-refractivity contribution in [2.24, 2.45) is 0 Å². The first-order chi connectivity index (χ1) is 9.31. The topological polar surface area (TPSA) is 51.0 Å². The Balaban J connectivity index is 1.88. The first kappa shape index (κ1) is 11.9. The van der Waals surface area contributed by atoms with Gasteiger partial charge in [0.2, 0.25) is 5.95 Å². The number of furan rings is 1. The van der Waals surface area contributed by atoms with E-state index >= 15 is 0 Å². The molecule has 19 heavy (non-hydrogen) atoms. The number of hydrogen-bond acceptors (Lipinski definition) is 4. The number of para-hydroxylation sites is 1. The molecule has 0 saturated heterocycles. The lowest BCUT2D eigenvalue weighted by Gasteiger charge is -2.04. The molecule has 94 valence electrons. The van der Waals surface area contributed by atoms with Crippen LogP contribution in [0.1, 0.15) is 0 Å². The van der Waals surface area contributed by atoms with Gasteiger partial charge in [-0.3, -0.25) is 0 Å². The second-order valence-corrected chi connectivity index (χ2v) is 4.64. The highest BCUT2D eigenvalue weighted by Crippen LogP contribution is 2.24. The molecule has 0 spiro atoms. The molecule has 0 aliphatic rings. The summed E-state index contributed by atoms with van der Waals surface area (Å²) in [5.74, 6) is 1.24. The second kappa shape index (κ2) is 5.24. The second-order valence-electron chi connectivity index (χ2n) is 3.86. The molecule has 0 fully saturated rings. The Morgan fingerprint density at radius 1 is 1.00 bits per heavy atom. The minimum Gasteiger partial charge on any atom is -0.448 e. The Labute approximate surface area is 118 Å². The van der Waals surface area contributed by atoms with E-state index in [2.05, 4.69) is 31.2 Å². The first-order valence-electron chi connectivity index (χ1n) is 5.72. The highest BCUT2D eigenvalue weighted by Gasteiger charge is 2.06. The molecule has 0 bridgehead atoms. The lowest BCUT2D eigenvalue weighted by atomic mass is 10.3. The van der Waals surface area contributed by atoms with Gasteiger partial charge in [-0.2, -0.15) is 0 Å². The van der Waals surface area contributed by atoms with Crippen molar-refractivity contribution in [2.45, 2.75) is 0 Å². The quantitative estimate of drug-likeness (QED) is 0.785. The van der Waals surface area contributed by atoms with Gasteiger partial charge in [-0.05, 0) is 46.3 Å². The minimum atomic E-state index is 0.538. The fraction of sp³-hybridized carbons (Fsp3) is 0. The number of halogens is 1. The number of aromatic nitrogens is 2. The van der Waals surface area contributed by atoms with E-state index in [4.69, 9.17) is 4.42 Å². The molecule has 1 aromatic carbocycles. The van der Waals surface area contributed by atoms with Gasteiger partial charge in [-0.15, -0.1) is 0 Å². The molecule has 0 aliphatic carbocycles.